The van der Waals surface area contributed by atoms with Crippen LogP contribution in [0.15, 0.2) is 30.5 Å². The lowest BCUT2D eigenvalue weighted by atomic mass is 10.1. The van der Waals surface area contributed by atoms with E-state index in [1.165, 1.54) is 6.07 Å². The van der Waals surface area contributed by atoms with Crippen LogP contribution in [0, 0.1) is 10.9 Å². The van der Waals surface area contributed by atoms with Crippen LogP contribution < -0.4 is 10.6 Å². The van der Waals surface area contributed by atoms with Crippen LogP contribution in [0.1, 0.15) is 29.3 Å². The largest absolute Gasteiger partial charge is 0.480 e. The van der Waals surface area contributed by atoms with Gasteiger partial charge in [0.25, 0.3) is 5.91 Å². The molecule has 3 aromatic rings. The smallest absolute Gasteiger partial charge is 0.419 e. The molecule has 34 heavy (non-hydrogen) atoms. The first-order valence-corrected chi connectivity index (χ1v) is 10.6. The van der Waals surface area contributed by atoms with Crippen LogP contribution in [0.3, 0.4) is 0 Å². The van der Waals surface area contributed by atoms with Crippen LogP contribution >= 0.6 is 22.9 Å². The Labute approximate surface area is 197 Å². The van der Waals surface area contributed by atoms with Gasteiger partial charge in [0.2, 0.25) is 5.13 Å². The molecular formula is C20H14ClF5N4O3S. The molecule has 1 unspecified atom stereocenters. The number of amides is 1. The van der Waals surface area contributed by atoms with Gasteiger partial charge in [-0.1, -0.05) is 29.9 Å². The standard InChI is InChI=1S/C20H14ClF5N4O3S/c1-2-13(18(32)33)28-16-11(21)6-9(7-27-16)17(31)30-19-29-14(15(23)34-19)8-3-4-12(22)10(5-8)20(24,25)26/h3-7,13H,2H2,1H3,(H,27,28)(H,32,33)(H,29,30,31). The zero-order valence-corrected chi connectivity index (χ0v) is 18.6. The summed E-state index contributed by atoms with van der Waals surface area (Å²) in [5.74, 6) is -3.41. The van der Waals surface area contributed by atoms with Crippen LogP contribution in [0.2, 0.25) is 5.02 Å². The van der Waals surface area contributed by atoms with Crippen molar-refractivity contribution in [3.63, 3.8) is 0 Å². The summed E-state index contributed by atoms with van der Waals surface area (Å²) in [6.07, 6.45) is -3.65. The number of carbonyl (C=O) groups is 2. The molecule has 0 saturated carbocycles. The van der Waals surface area contributed by atoms with Gasteiger partial charge in [-0.2, -0.15) is 17.6 Å². The van der Waals surface area contributed by atoms with Crippen molar-refractivity contribution in [1.29, 1.82) is 0 Å². The molecule has 0 saturated heterocycles. The van der Waals surface area contributed by atoms with Gasteiger partial charge in [0.15, 0.2) is 5.13 Å². The number of aliphatic carboxylic acids is 1. The van der Waals surface area contributed by atoms with Crippen molar-refractivity contribution in [2.75, 3.05) is 10.6 Å². The fourth-order valence-corrected chi connectivity index (χ4v) is 3.70. The average molecular weight is 521 g/mol. The maximum Gasteiger partial charge on any atom is 0.419 e. The third-order valence-electron chi connectivity index (χ3n) is 4.47. The monoisotopic (exact) mass is 520 g/mol. The summed E-state index contributed by atoms with van der Waals surface area (Å²) >= 11 is 6.42. The van der Waals surface area contributed by atoms with Crippen LogP contribution in [0.4, 0.5) is 32.9 Å². The second-order valence-electron chi connectivity index (χ2n) is 6.79. The van der Waals surface area contributed by atoms with Gasteiger partial charge in [0, 0.05) is 11.8 Å². The fourth-order valence-electron chi connectivity index (χ4n) is 2.76. The first-order chi connectivity index (χ1) is 15.9. The number of nitrogens with one attached hydrogen (secondary N) is 2. The summed E-state index contributed by atoms with van der Waals surface area (Å²) in [6.45, 7) is 1.64. The molecule has 0 aliphatic rings. The number of carboxylic acid groups (broad SMARTS) is 1. The van der Waals surface area contributed by atoms with Gasteiger partial charge in [-0.25, -0.2) is 19.2 Å². The van der Waals surface area contributed by atoms with Crippen LogP contribution in [0.25, 0.3) is 11.3 Å². The maximum absolute atomic E-state index is 14.4. The van der Waals surface area contributed by atoms with Gasteiger partial charge in [-0.15, -0.1) is 0 Å². The molecule has 3 rings (SSSR count). The number of nitrogens with zero attached hydrogens (tertiary/aromatic N) is 2. The molecule has 3 N–H and O–H groups in total. The molecule has 1 amide bonds. The van der Waals surface area contributed by atoms with Crippen molar-refractivity contribution in [3.8, 4) is 11.3 Å². The van der Waals surface area contributed by atoms with Gasteiger partial charge < -0.3 is 10.4 Å². The van der Waals surface area contributed by atoms with E-state index < -0.39 is 46.3 Å². The number of benzene rings is 1. The summed E-state index contributed by atoms with van der Waals surface area (Å²) in [7, 11) is 0. The molecule has 0 bridgehead atoms. The van der Waals surface area contributed by atoms with Gasteiger partial charge in [0.1, 0.15) is 23.4 Å². The van der Waals surface area contributed by atoms with Crippen molar-refractivity contribution in [3.05, 3.63) is 57.6 Å². The van der Waals surface area contributed by atoms with E-state index in [2.05, 4.69) is 20.6 Å². The molecule has 14 heteroatoms. The Morgan fingerprint density at radius 2 is 1.94 bits per heavy atom. The number of aromatic nitrogens is 2. The lowest BCUT2D eigenvalue weighted by Gasteiger charge is -2.14. The van der Waals surface area contributed by atoms with Gasteiger partial charge in [-0.05, 0) is 30.7 Å². The molecule has 2 aromatic heterocycles. The lowest BCUT2D eigenvalue weighted by molar-refractivity contribution is -0.140. The molecule has 0 aliphatic heterocycles. The van der Waals surface area contributed by atoms with E-state index in [0.717, 1.165) is 12.3 Å². The second-order valence-corrected chi connectivity index (χ2v) is 8.14. The number of carbonyl (C=O) groups excluding carboxylic acids is 1. The van der Waals surface area contributed by atoms with Crippen molar-refractivity contribution in [1.82, 2.24) is 9.97 Å². The molecule has 1 atom stereocenters. The van der Waals surface area contributed by atoms with Crippen molar-refractivity contribution in [2.24, 2.45) is 0 Å². The molecule has 7 nitrogen and oxygen atoms in total. The molecule has 2 heterocycles. The first kappa shape index (κ1) is 25.3. The fraction of sp³-hybridized carbons (Fsp3) is 0.200. The highest BCUT2D eigenvalue weighted by Gasteiger charge is 2.34. The number of carboxylic acids is 1. The topological polar surface area (TPSA) is 104 Å². The Morgan fingerprint density at radius 1 is 1.24 bits per heavy atom. The quantitative estimate of drug-likeness (QED) is 0.346. The highest BCUT2D eigenvalue weighted by molar-refractivity contribution is 7.14. The third-order valence-corrected chi connectivity index (χ3v) is 5.52. The molecular weight excluding hydrogens is 507 g/mol. The molecule has 0 radical (unpaired) electrons. The van der Waals surface area contributed by atoms with Gasteiger partial charge >= 0.3 is 12.1 Å². The third kappa shape index (κ3) is 5.59. The van der Waals surface area contributed by atoms with E-state index in [9.17, 15) is 31.5 Å². The summed E-state index contributed by atoms with van der Waals surface area (Å²) in [5.41, 5.74) is -2.48. The van der Waals surface area contributed by atoms with E-state index in [4.69, 9.17) is 16.7 Å². The summed E-state index contributed by atoms with van der Waals surface area (Å²) in [5, 5.41) is 12.7. The molecule has 1 aromatic carbocycles. The minimum atomic E-state index is -4.99. The number of hydrogen-bond acceptors (Lipinski definition) is 6. The van der Waals surface area contributed by atoms with Gasteiger partial charge in [0.05, 0.1) is 16.1 Å². The Balaban J connectivity index is 1.80. The number of halogens is 6. The summed E-state index contributed by atoms with van der Waals surface area (Å²) < 4.78 is 66.7. The van der Waals surface area contributed by atoms with E-state index in [1.807, 2.05) is 0 Å². The van der Waals surface area contributed by atoms with Crippen molar-refractivity contribution >= 4 is 45.8 Å². The van der Waals surface area contributed by atoms with Crippen LogP contribution in [-0.4, -0.2) is 33.0 Å². The Bertz CT molecular complexity index is 1250. The van der Waals surface area contributed by atoms with E-state index >= 15 is 0 Å². The average Bonchev–Trinajstić information content (AvgIpc) is 3.11. The maximum atomic E-state index is 14.4. The highest BCUT2D eigenvalue weighted by atomic mass is 35.5. The number of pyridine rings is 1. The summed E-state index contributed by atoms with van der Waals surface area (Å²) in [4.78, 5) is 31.3. The molecule has 0 fully saturated rings. The van der Waals surface area contributed by atoms with E-state index in [-0.39, 0.29) is 33.5 Å². The number of rotatable bonds is 7. The zero-order valence-electron chi connectivity index (χ0n) is 17.0. The highest BCUT2D eigenvalue weighted by Crippen LogP contribution is 2.36. The molecule has 0 spiro atoms. The normalized spacial score (nSPS) is 12.3. The Morgan fingerprint density at radius 3 is 2.53 bits per heavy atom. The van der Waals surface area contributed by atoms with Crippen LogP contribution in [0.5, 0.6) is 0 Å². The summed E-state index contributed by atoms with van der Waals surface area (Å²) in [6, 6.07) is 2.15. The van der Waals surface area contributed by atoms with Crippen molar-refractivity contribution in [2.45, 2.75) is 25.6 Å². The zero-order chi connectivity index (χ0) is 25.2. The lowest BCUT2D eigenvalue weighted by Crippen LogP contribution is -2.29. The Kier molecular flexibility index (Phi) is 7.36. The minimum absolute atomic E-state index is 0.0341. The first-order valence-electron chi connectivity index (χ1n) is 9.40. The Hall–Kier alpha value is -3.32. The van der Waals surface area contributed by atoms with Crippen LogP contribution in [-0.2, 0) is 11.0 Å². The van der Waals surface area contributed by atoms with E-state index in [0.29, 0.717) is 23.5 Å². The van der Waals surface area contributed by atoms with Gasteiger partial charge in [-0.3, -0.25) is 10.1 Å². The van der Waals surface area contributed by atoms with Crippen molar-refractivity contribution < 1.29 is 36.6 Å². The number of hydrogen-bond donors (Lipinski definition) is 3. The predicted molar refractivity (Wildman–Crippen MR) is 115 cm³/mol. The predicted octanol–water partition coefficient (Wildman–Crippen LogP) is 5.68. The SMILES string of the molecule is CCC(Nc1ncc(C(=O)Nc2nc(-c3ccc(F)c(C(F)(F)F)c3)c(F)s2)cc1Cl)C(=O)O. The number of thiazole rings is 1. The van der Waals surface area contributed by atoms with E-state index in [1.54, 1.807) is 6.92 Å². The number of anilines is 2. The number of alkyl halides is 3. The molecule has 0 aliphatic carbocycles. The second kappa shape index (κ2) is 9.89. The minimum Gasteiger partial charge on any atom is -0.480 e. The molecule has 180 valence electrons.